The minimum atomic E-state index is 0.0429. The molecule has 0 aromatic carbocycles. The second kappa shape index (κ2) is 6.26. The molecule has 3 rings (SSSR count). The van der Waals surface area contributed by atoms with Crippen molar-refractivity contribution in [2.45, 2.75) is 32.1 Å². The third kappa shape index (κ3) is 3.24. The van der Waals surface area contributed by atoms with Gasteiger partial charge in [0.05, 0.1) is 18.5 Å². The van der Waals surface area contributed by atoms with E-state index < -0.39 is 0 Å². The summed E-state index contributed by atoms with van der Waals surface area (Å²) in [4.78, 5) is 8.45. The highest BCUT2D eigenvalue weighted by molar-refractivity contribution is 5.43. The van der Waals surface area contributed by atoms with E-state index in [4.69, 9.17) is 0 Å². The minimum absolute atomic E-state index is 0.0429. The van der Waals surface area contributed by atoms with Gasteiger partial charge in [-0.05, 0) is 25.0 Å². The molecule has 5 heteroatoms. The van der Waals surface area contributed by atoms with Gasteiger partial charge in [0.15, 0.2) is 0 Å². The molecule has 1 saturated carbocycles. The first-order chi connectivity index (χ1) is 10.3. The highest BCUT2D eigenvalue weighted by atomic mass is 16.3. The van der Waals surface area contributed by atoms with Gasteiger partial charge in [-0.25, -0.2) is 9.97 Å². The van der Waals surface area contributed by atoms with E-state index in [-0.39, 0.29) is 12.0 Å². The lowest BCUT2D eigenvalue weighted by Gasteiger charge is -2.36. The van der Waals surface area contributed by atoms with Crippen molar-refractivity contribution >= 4 is 5.69 Å². The molecule has 2 aromatic rings. The van der Waals surface area contributed by atoms with E-state index in [1.807, 2.05) is 29.1 Å². The molecule has 0 saturated heterocycles. The molecule has 112 valence electrons. The van der Waals surface area contributed by atoms with Gasteiger partial charge < -0.3 is 10.4 Å². The molecule has 2 aromatic heterocycles. The molecule has 1 aliphatic carbocycles. The first-order valence-electron chi connectivity index (χ1n) is 7.60. The summed E-state index contributed by atoms with van der Waals surface area (Å²) in [6.45, 7) is 1.08. The van der Waals surface area contributed by atoms with Gasteiger partial charge >= 0.3 is 0 Å². The fourth-order valence-electron chi connectivity index (χ4n) is 3.02. The minimum Gasteiger partial charge on any atom is -0.396 e. The third-order valence-electron chi connectivity index (χ3n) is 4.43. The topological polar surface area (TPSA) is 63.0 Å². The fraction of sp³-hybridized carbons (Fsp3) is 0.500. The first kappa shape index (κ1) is 14.1. The number of anilines is 1. The van der Waals surface area contributed by atoms with Crippen LogP contribution in [0.1, 0.15) is 32.1 Å². The zero-order valence-electron chi connectivity index (χ0n) is 12.2. The van der Waals surface area contributed by atoms with Gasteiger partial charge in [0.1, 0.15) is 12.1 Å². The lowest BCUT2D eigenvalue weighted by molar-refractivity contribution is 0.0944. The summed E-state index contributed by atoms with van der Waals surface area (Å²) in [6.07, 6.45) is 13.1. The van der Waals surface area contributed by atoms with Crippen LogP contribution in [0.2, 0.25) is 0 Å². The number of pyridine rings is 1. The van der Waals surface area contributed by atoms with Gasteiger partial charge in [-0.3, -0.25) is 4.57 Å². The summed E-state index contributed by atoms with van der Waals surface area (Å²) in [6, 6.07) is 3.99. The molecule has 0 bridgehead atoms. The summed E-state index contributed by atoms with van der Waals surface area (Å²) in [5.74, 6) is 0.854. The maximum atomic E-state index is 9.72. The Morgan fingerprint density at radius 2 is 2.10 bits per heavy atom. The highest BCUT2D eigenvalue weighted by Gasteiger charge is 2.31. The summed E-state index contributed by atoms with van der Waals surface area (Å²) in [7, 11) is 0. The lowest BCUT2D eigenvalue weighted by atomic mass is 9.74. The Kier molecular flexibility index (Phi) is 4.20. The molecule has 21 heavy (non-hydrogen) atoms. The Balaban J connectivity index is 1.62. The molecular weight excluding hydrogens is 264 g/mol. The van der Waals surface area contributed by atoms with Gasteiger partial charge in [0.2, 0.25) is 0 Å². The summed E-state index contributed by atoms with van der Waals surface area (Å²) in [5.41, 5.74) is 1.04. The van der Waals surface area contributed by atoms with Crippen LogP contribution < -0.4 is 5.32 Å². The zero-order chi connectivity index (χ0) is 14.5. The predicted octanol–water partition coefficient (Wildman–Crippen LogP) is 2.62. The first-order valence-corrected chi connectivity index (χ1v) is 7.60. The number of aromatic nitrogens is 3. The quantitative estimate of drug-likeness (QED) is 0.887. The number of nitrogens with zero attached hydrogens (tertiary/aromatic N) is 3. The maximum absolute atomic E-state index is 9.72. The molecule has 0 aliphatic heterocycles. The van der Waals surface area contributed by atoms with Crippen molar-refractivity contribution in [1.82, 2.24) is 14.5 Å². The van der Waals surface area contributed by atoms with E-state index in [0.717, 1.165) is 30.9 Å². The average molecular weight is 286 g/mol. The Hall–Kier alpha value is -1.88. The Labute approximate surface area is 125 Å². The van der Waals surface area contributed by atoms with E-state index in [1.54, 1.807) is 12.5 Å². The van der Waals surface area contributed by atoms with Crippen molar-refractivity contribution in [1.29, 1.82) is 0 Å². The van der Waals surface area contributed by atoms with Crippen molar-refractivity contribution in [2.24, 2.45) is 5.41 Å². The molecular formula is C16H22N4O. The average Bonchev–Trinajstić information content (AvgIpc) is 3.09. The van der Waals surface area contributed by atoms with Crippen LogP contribution >= 0.6 is 0 Å². The highest BCUT2D eigenvalue weighted by Crippen LogP contribution is 2.35. The Bertz CT molecular complexity index is 544. The van der Waals surface area contributed by atoms with Crippen LogP contribution in [0.3, 0.4) is 0 Å². The Morgan fingerprint density at radius 1 is 1.24 bits per heavy atom. The summed E-state index contributed by atoms with van der Waals surface area (Å²) in [5, 5.41) is 13.2. The molecule has 2 N–H and O–H groups in total. The zero-order valence-corrected chi connectivity index (χ0v) is 12.2. The monoisotopic (exact) mass is 286 g/mol. The predicted molar refractivity (Wildman–Crippen MR) is 82.5 cm³/mol. The van der Waals surface area contributed by atoms with E-state index in [0.29, 0.717) is 0 Å². The fourth-order valence-corrected chi connectivity index (χ4v) is 3.02. The maximum Gasteiger partial charge on any atom is 0.137 e. The number of aliphatic hydroxyl groups excluding tert-OH is 1. The van der Waals surface area contributed by atoms with Gasteiger partial charge in [-0.15, -0.1) is 0 Å². The number of rotatable bonds is 5. The number of hydrogen-bond acceptors (Lipinski definition) is 4. The van der Waals surface area contributed by atoms with E-state index >= 15 is 0 Å². The largest absolute Gasteiger partial charge is 0.396 e. The summed E-state index contributed by atoms with van der Waals surface area (Å²) < 4.78 is 1.88. The van der Waals surface area contributed by atoms with Crippen LogP contribution in [0, 0.1) is 5.41 Å². The van der Waals surface area contributed by atoms with Crippen LogP contribution in [0.15, 0.2) is 37.1 Å². The molecule has 5 nitrogen and oxygen atoms in total. The second-order valence-corrected chi connectivity index (χ2v) is 5.95. The van der Waals surface area contributed by atoms with Crippen molar-refractivity contribution < 1.29 is 5.11 Å². The Morgan fingerprint density at radius 3 is 2.71 bits per heavy atom. The molecule has 2 heterocycles. The molecule has 0 spiro atoms. The lowest BCUT2D eigenvalue weighted by Crippen LogP contribution is -2.35. The standard InChI is InChI=1S/C16H22N4O/c21-12-16(6-2-1-3-7-16)11-19-14-4-5-15(18-10-14)20-9-8-17-13-20/h4-5,8-10,13,19,21H,1-3,6-7,11-12H2. The van der Waals surface area contributed by atoms with Gasteiger partial charge in [0, 0.05) is 24.4 Å². The normalized spacial score (nSPS) is 17.6. The summed E-state index contributed by atoms with van der Waals surface area (Å²) >= 11 is 0. The molecule has 0 unspecified atom stereocenters. The molecule has 1 fully saturated rings. The van der Waals surface area contributed by atoms with E-state index in [2.05, 4.69) is 15.3 Å². The van der Waals surface area contributed by atoms with E-state index in [9.17, 15) is 5.11 Å². The van der Waals surface area contributed by atoms with Crippen molar-refractivity contribution in [3.63, 3.8) is 0 Å². The number of imidazole rings is 1. The van der Waals surface area contributed by atoms with Crippen molar-refractivity contribution in [3.05, 3.63) is 37.1 Å². The second-order valence-electron chi connectivity index (χ2n) is 5.95. The third-order valence-corrected chi connectivity index (χ3v) is 4.43. The van der Waals surface area contributed by atoms with Crippen LogP contribution in [0.5, 0.6) is 0 Å². The molecule has 0 atom stereocenters. The van der Waals surface area contributed by atoms with Crippen LogP contribution in [0.4, 0.5) is 5.69 Å². The van der Waals surface area contributed by atoms with Gasteiger partial charge in [0.25, 0.3) is 0 Å². The van der Waals surface area contributed by atoms with Gasteiger partial charge in [-0.2, -0.15) is 0 Å². The molecule has 1 aliphatic rings. The smallest absolute Gasteiger partial charge is 0.137 e. The number of aliphatic hydroxyl groups is 1. The van der Waals surface area contributed by atoms with Crippen molar-refractivity contribution in [2.75, 3.05) is 18.5 Å². The number of nitrogens with one attached hydrogen (secondary N) is 1. The van der Waals surface area contributed by atoms with Crippen molar-refractivity contribution in [3.8, 4) is 5.82 Å². The SMILES string of the molecule is OCC1(CNc2ccc(-n3ccnc3)nc2)CCCCC1. The molecule has 0 amide bonds. The van der Waals surface area contributed by atoms with Crippen LogP contribution in [-0.2, 0) is 0 Å². The van der Waals surface area contributed by atoms with Gasteiger partial charge in [-0.1, -0.05) is 19.3 Å². The van der Waals surface area contributed by atoms with Crippen LogP contribution in [0.25, 0.3) is 5.82 Å². The van der Waals surface area contributed by atoms with E-state index in [1.165, 1.54) is 19.3 Å². The molecule has 0 radical (unpaired) electrons. The van der Waals surface area contributed by atoms with Crippen LogP contribution in [-0.4, -0.2) is 32.8 Å². The number of hydrogen-bond donors (Lipinski definition) is 2.